The minimum atomic E-state index is -0.771. The second-order valence-corrected chi connectivity index (χ2v) is 6.56. The molecular weight excluding hydrogens is 172 g/mol. The number of hydrogen-bond acceptors (Lipinski definition) is 2. The standard InChI is InChI=1S/C9H20O2S/c1-8(7-10)5-6-12(11)9(2,3)4/h8,10H,5-7H2,1-4H3. The van der Waals surface area contributed by atoms with Gasteiger partial charge in [0.05, 0.1) is 0 Å². The normalized spacial score (nSPS) is 17.4. The van der Waals surface area contributed by atoms with E-state index in [9.17, 15) is 4.21 Å². The van der Waals surface area contributed by atoms with Crippen molar-refractivity contribution in [3.05, 3.63) is 0 Å². The van der Waals surface area contributed by atoms with Crippen LogP contribution in [0.4, 0.5) is 0 Å². The Kier molecular flexibility index (Phi) is 5.02. The minimum absolute atomic E-state index is 0.116. The molecule has 0 heterocycles. The van der Waals surface area contributed by atoms with Crippen molar-refractivity contribution in [2.24, 2.45) is 5.92 Å². The van der Waals surface area contributed by atoms with E-state index in [2.05, 4.69) is 0 Å². The van der Waals surface area contributed by atoms with E-state index in [1.54, 1.807) is 0 Å². The summed E-state index contributed by atoms with van der Waals surface area (Å²) < 4.78 is 11.4. The van der Waals surface area contributed by atoms with Gasteiger partial charge in [0.15, 0.2) is 0 Å². The van der Waals surface area contributed by atoms with Crippen LogP contribution in [0.15, 0.2) is 0 Å². The first kappa shape index (κ1) is 12.1. The molecule has 1 N–H and O–H groups in total. The molecule has 2 atom stereocenters. The topological polar surface area (TPSA) is 37.3 Å². The van der Waals surface area contributed by atoms with Crippen molar-refractivity contribution in [2.75, 3.05) is 12.4 Å². The molecule has 0 aliphatic heterocycles. The van der Waals surface area contributed by atoms with Gasteiger partial charge in [-0.2, -0.15) is 0 Å². The average Bonchev–Trinajstić information content (AvgIpc) is 1.97. The highest BCUT2D eigenvalue weighted by Gasteiger charge is 2.19. The Morgan fingerprint density at radius 1 is 1.42 bits per heavy atom. The lowest BCUT2D eigenvalue weighted by atomic mass is 10.1. The van der Waals surface area contributed by atoms with Gasteiger partial charge in [0.2, 0.25) is 0 Å². The summed E-state index contributed by atoms with van der Waals surface area (Å²) in [6.07, 6.45) is 0.848. The first-order valence-electron chi connectivity index (χ1n) is 4.37. The molecule has 0 aromatic rings. The average molecular weight is 192 g/mol. The van der Waals surface area contributed by atoms with Gasteiger partial charge >= 0.3 is 0 Å². The zero-order valence-corrected chi connectivity index (χ0v) is 9.28. The molecule has 0 bridgehead atoms. The lowest BCUT2D eigenvalue weighted by Crippen LogP contribution is -2.25. The van der Waals surface area contributed by atoms with E-state index in [0.717, 1.165) is 6.42 Å². The highest BCUT2D eigenvalue weighted by atomic mass is 32.2. The smallest absolute Gasteiger partial charge is 0.0456 e. The maximum Gasteiger partial charge on any atom is 0.0456 e. The summed E-state index contributed by atoms with van der Waals surface area (Å²) in [6.45, 7) is 8.10. The minimum Gasteiger partial charge on any atom is -0.396 e. The fourth-order valence-electron chi connectivity index (χ4n) is 0.706. The second kappa shape index (κ2) is 4.97. The van der Waals surface area contributed by atoms with Crippen molar-refractivity contribution in [1.82, 2.24) is 0 Å². The van der Waals surface area contributed by atoms with E-state index in [4.69, 9.17) is 5.11 Å². The molecule has 3 heteroatoms. The van der Waals surface area contributed by atoms with E-state index in [0.29, 0.717) is 5.75 Å². The third-order valence-electron chi connectivity index (χ3n) is 1.79. The Hall–Kier alpha value is 0.110. The van der Waals surface area contributed by atoms with Crippen molar-refractivity contribution < 1.29 is 9.32 Å². The molecule has 0 aromatic carbocycles. The lowest BCUT2D eigenvalue weighted by Gasteiger charge is -2.18. The summed E-state index contributed by atoms with van der Waals surface area (Å²) >= 11 is 0. The maximum absolute atomic E-state index is 11.5. The second-order valence-electron chi connectivity index (χ2n) is 4.24. The molecule has 2 unspecified atom stereocenters. The van der Waals surface area contributed by atoms with Crippen LogP contribution in [0.25, 0.3) is 0 Å². The van der Waals surface area contributed by atoms with Crippen LogP contribution in [-0.4, -0.2) is 26.4 Å². The molecule has 0 saturated carbocycles. The molecule has 0 aliphatic carbocycles. The molecule has 0 fully saturated rings. The third-order valence-corrected chi connectivity index (χ3v) is 3.76. The summed E-state index contributed by atoms with van der Waals surface area (Å²) in [6, 6.07) is 0. The summed E-state index contributed by atoms with van der Waals surface area (Å²) in [5.41, 5.74) is 0. The monoisotopic (exact) mass is 192 g/mol. The lowest BCUT2D eigenvalue weighted by molar-refractivity contribution is 0.235. The van der Waals surface area contributed by atoms with Gasteiger partial charge in [-0.25, -0.2) is 0 Å². The first-order valence-corrected chi connectivity index (χ1v) is 5.69. The predicted molar refractivity (Wildman–Crippen MR) is 53.6 cm³/mol. The summed E-state index contributed by atoms with van der Waals surface area (Å²) in [5, 5.41) is 8.75. The van der Waals surface area contributed by atoms with Crippen molar-refractivity contribution >= 4 is 10.8 Å². The Morgan fingerprint density at radius 3 is 2.25 bits per heavy atom. The zero-order valence-electron chi connectivity index (χ0n) is 8.46. The van der Waals surface area contributed by atoms with E-state index in [1.807, 2.05) is 27.7 Å². The molecule has 0 radical (unpaired) electrons. The van der Waals surface area contributed by atoms with E-state index >= 15 is 0 Å². The number of hydrogen-bond donors (Lipinski definition) is 1. The van der Waals surface area contributed by atoms with Gasteiger partial charge in [0, 0.05) is 27.9 Å². The molecule has 0 aromatic heterocycles. The molecule has 2 nitrogen and oxygen atoms in total. The summed E-state index contributed by atoms with van der Waals surface area (Å²) in [4.78, 5) is 0. The molecular formula is C9H20O2S. The van der Waals surface area contributed by atoms with Crippen LogP contribution in [-0.2, 0) is 10.8 Å². The van der Waals surface area contributed by atoms with Crippen molar-refractivity contribution in [3.63, 3.8) is 0 Å². The quantitative estimate of drug-likeness (QED) is 0.734. The van der Waals surface area contributed by atoms with Gasteiger partial charge in [0.25, 0.3) is 0 Å². The first-order chi connectivity index (χ1) is 5.38. The number of aliphatic hydroxyl groups excluding tert-OH is 1. The zero-order chi connectivity index (χ0) is 9.78. The molecule has 0 spiro atoms. The summed E-state index contributed by atoms with van der Waals surface area (Å²) in [5.74, 6) is 0.974. The number of aliphatic hydroxyl groups is 1. The van der Waals surface area contributed by atoms with Gasteiger partial charge in [-0.3, -0.25) is 4.21 Å². The summed E-state index contributed by atoms with van der Waals surface area (Å²) in [7, 11) is -0.771. The Balaban J connectivity index is 3.73. The largest absolute Gasteiger partial charge is 0.396 e. The van der Waals surface area contributed by atoms with Crippen LogP contribution in [0.3, 0.4) is 0 Å². The van der Waals surface area contributed by atoms with E-state index < -0.39 is 10.8 Å². The predicted octanol–water partition coefficient (Wildman–Crippen LogP) is 1.55. The fourth-order valence-corrected chi connectivity index (χ4v) is 1.93. The molecule has 12 heavy (non-hydrogen) atoms. The molecule has 74 valence electrons. The van der Waals surface area contributed by atoms with Crippen LogP contribution >= 0.6 is 0 Å². The highest BCUT2D eigenvalue weighted by Crippen LogP contribution is 2.14. The SMILES string of the molecule is CC(CO)CCS(=O)C(C)(C)C. The molecule has 0 saturated heterocycles. The van der Waals surface area contributed by atoms with Crippen LogP contribution < -0.4 is 0 Å². The van der Waals surface area contributed by atoms with Crippen molar-refractivity contribution in [2.45, 2.75) is 38.9 Å². The number of rotatable bonds is 4. The van der Waals surface area contributed by atoms with Gasteiger partial charge in [-0.1, -0.05) is 6.92 Å². The van der Waals surface area contributed by atoms with Crippen LogP contribution in [0, 0.1) is 5.92 Å². The molecule has 0 rings (SSSR count). The van der Waals surface area contributed by atoms with Gasteiger partial charge in [-0.15, -0.1) is 0 Å². The van der Waals surface area contributed by atoms with Gasteiger partial charge in [0.1, 0.15) is 0 Å². The van der Waals surface area contributed by atoms with Crippen LogP contribution in [0.5, 0.6) is 0 Å². The van der Waals surface area contributed by atoms with Crippen molar-refractivity contribution in [3.8, 4) is 0 Å². The Labute approximate surface area is 77.8 Å². The third kappa shape index (κ3) is 4.88. The van der Waals surface area contributed by atoms with Crippen LogP contribution in [0.2, 0.25) is 0 Å². The Morgan fingerprint density at radius 2 is 1.92 bits per heavy atom. The Bertz CT molecular complexity index is 149. The molecule has 0 amide bonds. The van der Waals surface area contributed by atoms with Crippen LogP contribution in [0.1, 0.15) is 34.1 Å². The van der Waals surface area contributed by atoms with Gasteiger partial charge in [-0.05, 0) is 33.1 Å². The fraction of sp³-hybridized carbons (Fsp3) is 1.00. The van der Waals surface area contributed by atoms with Crippen molar-refractivity contribution in [1.29, 1.82) is 0 Å². The van der Waals surface area contributed by atoms with E-state index in [-0.39, 0.29) is 17.3 Å². The highest BCUT2D eigenvalue weighted by molar-refractivity contribution is 7.86. The molecule has 0 aliphatic rings. The van der Waals surface area contributed by atoms with E-state index in [1.165, 1.54) is 0 Å². The van der Waals surface area contributed by atoms with Gasteiger partial charge < -0.3 is 5.11 Å². The maximum atomic E-state index is 11.5.